The lowest BCUT2D eigenvalue weighted by atomic mass is 10.0. The molecule has 0 saturated heterocycles. The van der Waals surface area contributed by atoms with Crippen molar-refractivity contribution in [2.75, 3.05) is 0 Å². The Morgan fingerprint density at radius 3 is 2.36 bits per heavy atom. The SMILES string of the molecule is [C-]#[N+]Cc1ccc(-c2c([N+]#[C-])c(CC)n(C)c2C(=O)O)cc1. The fraction of sp³-hybridized carbons (Fsp3) is 0.235. The predicted octanol–water partition coefficient (Wildman–Crippen LogP) is 3.92. The van der Waals surface area contributed by atoms with Gasteiger partial charge in [0.15, 0.2) is 0 Å². The summed E-state index contributed by atoms with van der Waals surface area (Å²) in [5.41, 5.74) is 3.24. The Morgan fingerprint density at radius 1 is 1.27 bits per heavy atom. The molecular weight excluding hydrogens is 278 g/mol. The molecule has 1 aromatic heterocycles. The van der Waals surface area contributed by atoms with Crippen LogP contribution < -0.4 is 0 Å². The summed E-state index contributed by atoms with van der Waals surface area (Å²) < 4.78 is 1.58. The lowest BCUT2D eigenvalue weighted by Crippen LogP contribution is -2.07. The third-order valence-corrected chi connectivity index (χ3v) is 3.64. The Kier molecular flexibility index (Phi) is 4.29. The van der Waals surface area contributed by atoms with Crippen LogP contribution in [0.2, 0.25) is 0 Å². The van der Waals surface area contributed by atoms with E-state index in [-0.39, 0.29) is 12.2 Å². The predicted molar refractivity (Wildman–Crippen MR) is 83.8 cm³/mol. The standard InChI is InChI=1S/C17H15N3O2/c1-5-13-15(19-3)14(16(17(21)22)20(13)4)12-8-6-11(7-9-12)10-18-2/h6-9H,5,10H2,1,4H3,(H,21,22). The topological polar surface area (TPSA) is 51.0 Å². The van der Waals surface area contributed by atoms with E-state index in [0.717, 1.165) is 5.56 Å². The highest BCUT2D eigenvalue weighted by atomic mass is 16.4. The molecule has 2 rings (SSSR count). The number of rotatable bonds is 4. The molecule has 0 unspecified atom stereocenters. The molecule has 5 nitrogen and oxygen atoms in total. The number of nitrogens with zero attached hydrogens (tertiary/aromatic N) is 3. The average Bonchev–Trinajstić information content (AvgIpc) is 2.80. The van der Waals surface area contributed by atoms with E-state index in [1.807, 2.05) is 6.92 Å². The summed E-state index contributed by atoms with van der Waals surface area (Å²) >= 11 is 0. The van der Waals surface area contributed by atoms with E-state index >= 15 is 0 Å². The van der Waals surface area contributed by atoms with Crippen molar-refractivity contribution in [2.24, 2.45) is 7.05 Å². The zero-order valence-corrected chi connectivity index (χ0v) is 12.4. The number of carbonyl (C=O) groups is 1. The third kappa shape index (κ3) is 2.45. The van der Waals surface area contributed by atoms with E-state index in [9.17, 15) is 9.90 Å². The van der Waals surface area contributed by atoms with Crippen molar-refractivity contribution in [3.63, 3.8) is 0 Å². The molecular formula is C17H15N3O2. The van der Waals surface area contributed by atoms with E-state index in [4.69, 9.17) is 13.1 Å². The average molecular weight is 293 g/mol. The third-order valence-electron chi connectivity index (χ3n) is 3.64. The molecule has 0 amide bonds. The molecule has 0 atom stereocenters. The summed E-state index contributed by atoms with van der Waals surface area (Å²) in [6.07, 6.45) is 0.588. The van der Waals surface area contributed by atoms with Gasteiger partial charge in [0.25, 0.3) is 0 Å². The van der Waals surface area contributed by atoms with Gasteiger partial charge in [-0.3, -0.25) is 0 Å². The zero-order chi connectivity index (χ0) is 16.3. The smallest absolute Gasteiger partial charge is 0.351 e. The maximum Gasteiger partial charge on any atom is 0.351 e. The van der Waals surface area contributed by atoms with E-state index < -0.39 is 5.97 Å². The van der Waals surface area contributed by atoms with Crippen molar-refractivity contribution in [2.45, 2.75) is 19.9 Å². The second-order valence-corrected chi connectivity index (χ2v) is 4.86. The van der Waals surface area contributed by atoms with Gasteiger partial charge in [0, 0.05) is 23.9 Å². The summed E-state index contributed by atoms with van der Waals surface area (Å²) in [7, 11) is 1.67. The summed E-state index contributed by atoms with van der Waals surface area (Å²) in [5.74, 6) is -1.05. The van der Waals surface area contributed by atoms with Crippen molar-refractivity contribution >= 4 is 11.7 Å². The van der Waals surface area contributed by atoms with Crippen LogP contribution in [0.15, 0.2) is 24.3 Å². The van der Waals surface area contributed by atoms with Crippen molar-refractivity contribution in [3.8, 4) is 11.1 Å². The van der Waals surface area contributed by atoms with Gasteiger partial charge in [0.1, 0.15) is 5.69 Å². The highest BCUT2D eigenvalue weighted by molar-refractivity contribution is 6.00. The molecule has 0 aliphatic carbocycles. The van der Waals surface area contributed by atoms with Crippen molar-refractivity contribution < 1.29 is 9.90 Å². The molecule has 22 heavy (non-hydrogen) atoms. The second kappa shape index (κ2) is 6.15. The fourth-order valence-corrected chi connectivity index (χ4v) is 2.63. The minimum Gasteiger partial charge on any atom is -0.477 e. The van der Waals surface area contributed by atoms with Gasteiger partial charge in [-0.15, -0.1) is 0 Å². The fourth-order valence-electron chi connectivity index (χ4n) is 2.63. The van der Waals surface area contributed by atoms with E-state index in [0.29, 0.717) is 28.9 Å². The number of aromatic nitrogens is 1. The normalized spacial score (nSPS) is 10.0. The molecule has 110 valence electrons. The van der Waals surface area contributed by atoms with Crippen molar-refractivity contribution in [1.82, 2.24) is 4.57 Å². The first-order valence-electron chi connectivity index (χ1n) is 6.79. The summed E-state index contributed by atoms with van der Waals surface area (Å²) in [6, 6.07) is 7.14. The monoisotopic (exact) mass is 293 g/mol. The van der Waals surface area contributed by atoms with E-state index in [1.165, 1.54) is 0 Å². The summed E-state index contributed by atoms with van der Waals surface area (Å²) in [5, 5.41) is 9.51. The number of hydrogen-bond donors (Lipinski definition) is 1. The molecule has 0 spiro atoms. The number of benzene rings is 1. The summed E-state index contributed by atoms with van der Waals surface area (Å²) in [6.45, 7) is 16.5. The van der Waals surface area contributed by atoms with Crippen LogP contribution in [0.25, 0.3) is 20.8 Å². The maximum atomic E-state index is 11.6. The van der Waals surface area contributed by atoms with Gasteiger partial charge in [-0.25, -0.2) is 16.2 Å². The highest BCUT2D eigenvalue weighted by Gasteiger charge is 2.25. The number of carboxylic acids is 1. The van der Waals surface area contributed by atoms with Gasteiger partial charge in [0.05, 0.1) is 6.57 Å². The number of hydrogen-bond acceptors (Lipinski definition) is 1. The van der Waals surface area contributed by atoms with Gasteiger partial charge in [-0.2, -0.15) is 0 Å². The zero-order valence-electron chi connectivity index (χ0n) is 12.4. The van der Waals surface area contributed by atoms with Crippen LogP contribution in [0.4, 0.5) is 5.69 Å². The van der Waals surface area contributed by atoms with Gasteiger partial charge in [0.2, 0.25) is 12.2 Å². The minimum absolute atomic E-state index is 0.126. The molecule has 0 saturated carbocycles. The number of carboxylic acid groups (broad SMARTS) is 1. The van der Waals surface area contributed by atoms with Gasteiger partial charge < -0.3 is 14.5 Å². The minimum atomic E-state index is -1.05. The van der Waals surface area contributed by atoms with Crippen LogP contribution in [-0.2, 0) is 20.0 Å². The molecule has 2 aromatic rings. The van der Waals surface area contributed by atoms with Gasteiger partial charge >= 0.3 is 5.97 Å². The quantitative estimate of drug-likeness (QED) is 0.868. The lowest BCUT2D eigenvalue weighted by molar-refractivity contribution is 0.0687. The Hall–Kier alpha value is -3.05. The van der Waals surface area contributed by atoms with Crippen LogP contribution in [0.3, 0.4) is 0 Å². The maximum absolute atomic E-state index is 11.6. The van der Waals surface area contributed by atoms with Crippen LogP contribution in [0, 0.1) is 13.1 Å². The first kappa shape index (κ1) is 15.3. The van der Waals surface area contributed by atoms with Crippen molar-refractivity contribution in [1.29, 1.82) is 0 Å². The van der Waals surface area contributed by atoms with E-state index in [2.05, 4.69) is 9.69 Å². The van der Waals surface area contributed by atoms with Crippen LogP contribution in [0.1, 0.15) is 28.7 Å². The lowest BCUT2D eigenvalue weighted by Gasteiger charge is -2.05. The molecule has 0 aliphatic heterocycles. The molecule has 0 radical (unpaired) electrons. The second-order valence-electron chi connectivity index (χ2n) is 4.86. The Balaban J connectivity index is 2.71. The van der Waals surface area contributed by atoms with Crippen LogP contribution in [-0.4, -0.2) is 15.6 Å². The Morgan fingerprint density at radius 2 is 1.91 bits per heavy atom. The Bertz CT molecular complexity index is 802. The van der Waals surface area contributed by atoms with E-state index in [1.54, 1.807) is 35.9 Å². The molecule has 1 aromatic carbocycles. The molecule has 0 aliphatic rings. The van der Waals surface area contributed by atoms with Crippen LogP contribution >= 0.6 is 0 Å². The number of aromatic carboxylic acids is 1. The molecule has 0 fully saturated rings. The van der Waals surface area contributed by atoms with Crippen LogP contribution in [0.5, 0.6) is 0 Å². The highest BCUT2D eigenvalue weighted by Crippen LogP contribution is 2.39. The molecule has 1 N–H and O–H groups in total. The largest absolute Gasteiger partial charge is 0.477 e. The molecule has 1 heterocycles. The summed E-state index contributed by atoms with van der Waals surface area (Å²) in [4.78, 5) is 18.5. The van der Waals surface area contributed by atoms with Gasteiger partial charge in [-0.1, -0.05) is 31.2 Å². The first-order valence-corrected chi connectivity index (χ1v) is 6.79. The molecule has 5 heteroatoms. The van der Waals surface area contributed by atoms with Crippen molar-refractivity contribution in [3.05, 3.63) is 64.1 Å². The van der Waals surface area contributed by atoms with Gasteiger partial charge in [-0.05, 0) is 12.0 Å². The Labute approximate surface area is 129 Å². The molecule has 0 bridgehead atoms. The first-order chi connectivity index (χ1) is 10.5.